The number of aliphatic carboxylic acids is 1. The lowest BCUT2D eigenvalue weighted by Gasteiger charge is -2.26. The van der Waals surface area contributed by atoms with Gasteiger partial charge in [-0.15, -0.1) is 0 Å². The number of rotatable bonds is 9. The number of hydrogen-bond donors (Lipinski definition) is 2. The lowest BCUT2D eigenvalue weighted by atomic mass is 9.95. The summed E-state index contributed by atoms with van der Waals surface area (Å²) in [7, 11) is 2.07. The molecule has 0 heterocycles. The van der Waals surface area contributed by atoms with Crippen LogP contribution < -0.4 is 10.2 Å². The smallest absolute Gasteiger partial charge is 0.323 e. The van der Waals surface area contributed by atoms with Gasteiger partial charge in [-0.2, -0.15) is 0 Å². The van der Waals surface area contributed by atoms with Crippen LogP contribution >= 0.6 is 0 Å². The molecule has 1 atom stereocenters. The van der Waals surface area contributed by atoms with E-state index in [1.807, 2.05) is 6.92 Å². The molecule has 118 valence electrons. The van der Waals surface area contributed by atoms with Crippen molar-refractivity contribution in [2.45, 2.75) is 45.6 Å². The van der Waals surface area contributed by atoms with E-state index in [9.17, 15) is 9.90 Å². The molecule has 1 unspecified atom stereocenters. The lowest BCUT2D eigenvalue weighted by Crippen LogP contribution is -2.49. The van der Waals surface area contributed by atoms with Gasteiger partial charge in [0.25, 0.3) is 0 Å². The fourth-order valence-electron chi connectivity index (χ4n) is 2.42. The van der Waals surface area contributed by atoms with Crippen LogP contribution in [0.5, 0.6) is 0 Å². The second-order valence-electron chi connectivity index (χ2n) is 5.88. The summed E-state index contributed by atoms with van der Waals surface area (Å²) in [5.41, 5.74) is 1.65. The zero-order valence-corrected chi connectivity index (χ0v) is 13.6. The molecule has 0 radical (unpaired) electrons. The Morgan fingerprint density at radius 2 is 1.90 bits per heavy atom. The molecular weight excluding hydrogens is 264 g/mol. The molecule has 0 aliphatic rings. The van der Waals surface area contributed by atoms with E-state index < -0.39 is 11.5 Å². The first kappa shape index (κ1) is 17.5. The van der Waals surface area contributed by atoms with Crippen molar-refractivity contribution in [1.29, 1.82) is 0 Å². The second kappa shape index (κ2) is 8.03. The van der Waals surface area contributed by atoms with Crippen molar-refractivity contribution in [3.63, 3.8) is 0 Å². The van der Waals surface area contributed by atoms with Gasteiger partial charge >= 0.3 is 5.97 Å². The Morgan fingerprint density at radius 3 is 2.43 bits per heavy atom. The quantitative estimate of drug-likeness (QED) is 0.687. The summed E-state index contributed by atoms with van der Waals surface area (Å²) in [5.74, 6) is -0.767. The Bertz CT molecular complexity index is 445. The number of likely N-dealkylation sites (N-methyl/N-ethyl adjacent to an activating group) is 1. The van der Waals surface area contributed by atoms with E-state index in [1.54, 1.807) is 6.92 Å². The van der Waals surface area contributed by atoms with Gasteiger partial charge in [0.05, 0.1) is 0 Å². The van der Waals surface area contributed by atoms with Gasteiger partial charge in [0.1, 0.15) is 5.54 Å². The van der Waals surface area contributed by atoms with Crippen LogP contribution in [0.1, 0.15) is 38.7 Å². The third-order valence-corrected chi connectivity index (χ3v) is 3.93. The predicted octanol–water partition coefficient (Wildman–Crippen LogP) is 3.05. The van der Waals surface area contributed by atoms with Crippen LogP contribution in [0.15, 0.2) is 24.3 Å². The SMILES string of the molecule is CCNC(C)(CCCCN(C)c1ccc(C)cc1)C(=O)O. The number of nitrogens with zero attached hydrogens (tertiary/aromatic N) is 1. The highest BCUT2D eigenvalue weighted by atomic mass is 16.4. The monoisotopic (exact) mass is 292 g/mol. The lowest BCUT2D eigenvalue weighted by molar-refractivity contribution is -0.144. The molecule has 0 saturated heterocycles. The van der Waals surface area contributed by atoms with Crippen molar-refractivity contribution in [2.24, 2.45) is 0 Å². The summed E-state index contributed by atoms with van der Waals surface area (Å²) < 4.78 is 0. The molecule has 4 nitrogen and oxygen atoms in total. The van der Waals surface area contributed by atoms with Crippen molar-refractivity contribution >= 4 is 11.7 Å². The van der Waals surface area contributed by atoms with Crippen molar-refractivity contribution < 1.29 is 9.90 Å². The largest absolute Gasteiger partial charge is 0.480 e. The number of aryl methyl sites for hydroxylation is 1. The van der Waals surface area contributed by atoms with Gasteiger partial charge < -0.3 is 15.3 Å². The Balaban J connectivity index is 2.39. The maximum atomic E-state index is 11.3. The topological polar surface area (TPSA) is 52.6 Å². The molecule has 2 N–H and O–H groups in total. The summed E-state index contributed by atoms with van der Waals surface area (Å²) >= 11 is 0. The average molecular weight is 292 g/mol. The molecule has 21 heavy (non-hydrogen) atoms. The predicted molar refractivity (Wildman–Crippen MR) is 88.0 cm³/mol. The number of carboxylic acid groups (broad SMARTS) is 1. The Hall–Kier alpha value is -1.55. The first-order valence-corrected chi connectivity index (χ1v) is 7.65. The molecule has 0 saturated carbocycles. The zero-order chi connectivity index (χ0) is 15.9. The van der Waals surface area contributed by atoms with Crippen LogP contribution in [0.4, 0.5) is 5.69 Å². The van der Waals surface area contributed by atoms with Crippen LogP contribution in [-0.4, -0.2) is 36.8 Å². The molecule has 1 aromatic rings. The molecule has 0 aliphatic heterocycles. The summed E-state index contributed by atoms with van der Waals surface area (Å²) in [6.45, 7) is 7.39. The van der Waals surface area contributed by atoms with Crippen LogP contribution in [0, 0.1) is 6.92 Å². The van der Waals surface area contributed by atoms with E-state index in [1.165, 1.54) is 11.3 Å². The highest BCUT2D eigenvalue weighted by Gasteiger charge is 2.30. The number of nitrogens with one attached hydrogen (secondary N) is 1. The number of anilines is 1. The number of unbranched alkanes of at least 4 members (excludes halogenated alkanes) is 1. The molecular formula is C17H28N2O2. The van der Waals surface area contributed by atoms with Gasteiger partial charge in [0.15, 0.2) is 0 Å². The molecule has 1 aromatic carbocycles. The molecule has 1 rings (SSSR count). The Labute approximate surface area is 128 Å². The van der Waals surface area contributed by atoms with Crippen LogP contribution in [0.25, 0.3) is 0 Å². The van der Waals surface area contributed by atoms with Crippen LogP contribution in [0.2, 0.25) is 0 Å². The van der Waals surface area contributed by atoms with E-state index in [4.69, 9.17) is 0 Å². The summed E-state index contributed by atoms with van der Waals surface area (Å²) in [4.78, 5) is 13.5. The fourth-order valence-corrected chi connectivity index (χ4v) is 2.42. The van der Waals surface area contributed by atoms with Crippen molar-refractivity contribution in [3.8, 4) is 0 Å². The first-order chi connectivity index (χ1) is 9.89. The third kappa shape index (κ3) is 5.38. The van der Waals surface area contributed by atoms with Gasteiger partial charge in [-0.25, -0.2) is 0 Å². The summed E-state index contributed by atoms with van der Waals surface area (Å²) in [6.07, 6.45) is 2.53. The summed E-state index contributed by atoms with van der Waals surface area (Å²) in [6, 6.07) is 8.46. The maximum Gasteiger partial charge on any atom is 0.323 e. The van der Waals surface area contributed by atoms with Gasteiger partial charge in [-0.3, -0.25) is 4.79 Å². The fraction of sp³-hybridized carbons (Fsp3) is 0.588. The minimum absolute atomic E-state index is 0.651. The molecule has 0 bridgehead atoms. The van der Waals surface area contributed by atoms with Crippen molar-refractivity contribution in [3.05, 3.63) is 29.8 Å². The zero-order valence-electron chi connectivity index (χ0n) is 13.6. The van der Waals surface area contributed by atoms with Crippen LogP contribution in [0.3, 0.4) is 0 Å². The molecule has 0 aromatic heterocycles. The van der Waals surface area contributed by atoms with E-state index in [0.717, 1.165) is 19.4 Å². The van der Waals surface area contributed by atoms with Gasteiger partial charge in [0.2, 0.25) is 0 Å². The summed E-state index contributed by atoms with van der Waals surface area (Å²) in [5, 5.41) is 12.4. The molecule has 4 heteroatoms. The van der Waals surface area contributed by atoms with Gasteiger partial charge in [-0.05, 0) is 51.8 Å². The minimum Gasteiger partial charge on any atom is -0.480 e. The van der Waals surface area contributed by atoms with Gasteiger partial charge in [-0.1, -0.05) is 24.6 Å². The highest BCUT2D eigenvalue weighted by molar-refractivity contribution is 5.78. The number of carbonyl (C=O) groups is 1. The Kier molecular flexibility index (Phi) is 6.69. The number of benzene rings is 1. The normalized spacial score (nSPS) is 13.7. The number of carboxylic acids is 1. The van der Waals surface area contributed by atoms with E-state index >= 15 is 0 Å². The van der Waals surface area contributed by atoms with E-state index in [2.05, 4.69) is 48.5 Å². The number of hydrogen-bond acceptors (Lipinski definition) is 3. The average Bonchev–Trinajstić information content (AvgIpc) is 2.44. The van der Waals surface area contributed by atoms with E-state index in [0.29, 0.717) is 13.0 Å². The van der Waals surface area contributed by atoms with Crippen molar-refractivity contribution in [2.75, 3.05) is 25.0 Å². The maximum absolute atomic E-state index is 11.3. The van der Waals surface area contributed by atoms with Crippen molar-refractivity contribution in [1.82, 2.24) is 5.32 Å². The van der Waals surface area contributed by atoms with Crippen LogP contribution in [-0.2, 0) is 4.79 Å². The minimum atomic E-state index is -0.808. The third-order valence-electron chi connectivity index (χ3n) is 3.93. The highest BCUT2D eigenvalue weighted by Crippen LogP contribution is 2.17. The standard InChI is InChI=1S/C17H28N2O2/c1-5-18-17(3,16(20)21)12-6-7-13-19(4)15-10-8-14(2)9-11-15/h8-11,18H,5-7,12-13H2,1-4H3,(H,20,21). The second-order valence-corrected chi connectivity index (χ2v) is 5.88. The molecule has 0 aliphatic carbocycles. The first-order valence-electron chi connectivity index (χ1n) is 7.65. The molecule has 0 fully saturated rings. The van der Waals surface area contributed by atoms with Gasteiger partial charge in [0, 0.05) is 19.3 Å². The molecule has 0 spiro atoms. The van der Waals surface area contributed by atoms with E-state index in [-0.39, 0.29) is 0 Å². The molecule has 0 amide bonds. The Morgan fingerprint density at radius 1 is 1.29 bits per heavy atom.